The number of benzene rings is 1. The molecule has 0 radical (unpaired) electrons. The fourth-order valence-electron chi connectivity index (χ4n) is 1.62. The van der Waals surface area contributed by atoms with Gasteiger partial charge in [-0.3, -0.25) is 4.79 Å². The van der Waals surface area contributed by atoms with Gasteiger partial charge in [-0.15, -0.1) is 11.3 Å². The van der Waals surface area contributed by atoms with Gasteiger partial charge in [-0.05, 0) is 24.1 Å². The number of carboxylic acids is 1. The molecular formula is C14H13NO2S. The number of aromatic nitrogens is 1. The van der Waals surface area contributed by atoms with E-state index in [4.69, 9.17) is 5.11 Å². The van der Waals surface area contributed by atoms with E-state index in [2.05, 4.69) is 4.98 Å². The van der Waals surface area contributed by atoms with Gasteiger partial charge in [0.2, 0.25) is 0 Å². The van der Waals surface area contributed by atoms with Gasteiger partial charge in [0.05, 0.1) is 17.1 Å². The Morgan fingerprint density at radius 3 is 2.94 bits per heavy atom. The molecule has 0 bridgehead atoms. The molecule has 18 heavy (non-hydrogen) atoms. The van der Waals surface area contributed by atoms with Crippen LogP contribution in [0, 0.1) is 6.92 Å². The summed E-state index contributed by atoms with van der Waals surface area (Å²) in [6, 6.07) is 7.51. The third-order valence-electron chi connectivity index (χ3n) is 2.39. The molecule has 0 fully saturated rings. The van der Waals surface area contributed by atoms with Gasteiger partial charge >= 0.3 is 5.97 Å². The Morgan fingerprint density at radius 1 is 1.44 bits per heavy atom. The lowest BCUT2D eigenvalue weighted by Crippen LogP contribution is -1.99. The second-order valence-corrected chi connectivity index (χ2v) is 5.00. The fraction of sp³-hybridized carbons (Fsp3) is 0.143. The van der Waals surface area contributed by atoms with Gasteiger partial charge in [-0.2, -0.15) is 0 Å². The van der Waals surface area contributed by atoms with E-state index in [0.717, 1.165) is 21.8 Å². The maximum atomic E-state index is 10.6. The molecule has 0 aliphatic heterocycles. The van der Waals surface area contributed by atoms with Gasteiger partial charge in [-0.25, -0.2) is 4.98 Å². The highest BCUT2D eigenvalue weighted by molar-refractivity contribution is 7.09. The minimum Gasteiger partial charge on any atom is -0.481 e. The van der Waals surface area contributed by atoms with Crippen molar-refractivity contribution in [2.24, 2.45) is 0 Å². The number of rotatable bonds is 4. The van der Waals surface area contributed by atoms with Crippen LogP contribution in [0.15, 0.2) is 29.6 Å². The molecule has 0 atom stereocenters. The molecule has 3 nitrogen and oxygen atoms in total. The highest BCUT2D eigenvalue weighted by Crippen LogP contribution is 2.13. The SMILES string of the molecule is Cc1nc(C=Cc2cccc(CC(=O)O)c2)cs1. The molecule has 0 aliphatic carbocycles. The van der Waals surface area contributed by atoms with E-state index in [1.165, 1.54) is 0 Å². The van der Waals surface area contributed by atoms with Crippen molar-refractivity contribution in [3.8, 4) is 0 Å². The Labute approximate surface area is 109 Å². The van der Waals surface area contributed by atoms with Crippen LogP contribution in [0.3, 0.4) is 0 Å². The van der Waals surface area contributed by atoms with Crippen LogP contribution < -0.4 is 0 Å². The summed E-state index contributed by atoms with van der Waals surface area (Å²) in [5.74, 6) is -0.814. The summed E-state index contributed by atoms with van der Waals surface area (Å²) < 4.78 is 0. The molecule has 1 aromatic heterocycles. The lowest BCUT2D eigenvalue weighted by atomic mass is 10.1. The number of hydrogen-bond donors (Lipinski definition) is 1. The van der Waals surface area contributed by atoms with Crippen LogP contribution >= 0.6 is 11.3 Å². The Balaban J connectivity index is 2.14. The molecule has 0 saturated heterocycles. The minimum atomic E-state index is -0.814. The Hall–Kier alpha value is -1.94. The van der Waals surface area contributed by atoms with Gasteiger partial charge in [0.15, 0.2) is 0 Å². The first-order chi connectivity index (χ1) is 8.63. The second kappa shape index (κ2) is 5.60. The van der Waals surface area contributed by atoms with E-state index in [1.807, 2.05) is 48.7 Å². The molecule has 0 spiro atoms. The van der Waals surface area contributed by atoms with Crippen LogP contribution in [0.25, 0.3) is 12.2 Å². The van der Waals surface area contributed by atoms with Crippen LogP contribution in [0.5, 0.6) is 0 Å². The monoisotopic (exact) mass is 259 g/mol. The van der Waals surface area contributed by atoms with Gasteiger partial charge in [-0.1, -0.05) is 30.3 Å². The predicted octanol–water partition coefficient (Wildman–Crippen LogP) is 3.25. The molecular weight excluding hydrogens is 246 g/mol. The number of thiazole rings is 1. The third-order valence-corrected chi connectivity index (χ3v) is 3.18. The van der Waals surface area contributed by atoms with Crippen molar-refractivity contribution in [1.82, 2.24) is 4.98 Å². The number of hydrogen-bond acceptors (Lipinski definition) is 3. The van der Waals surface area contributed by atoms with Gasteiger partial charge in [0, 0.05) is 5.38 Å². The van der Waals surface area contributed by atoms with Crippen LogP contribution in [-0.4, -0.2) is 16.1 Å². The van der Waals surface area contributed by atoms with Crippen molar-refractivity contribution in [2.45, 2.75) is 13.3 Å². The zero-order valence-electron chi connectivity index (χ0n) is 9.96. The summed E-state index contributed by atoms with van der Waals surface area (Å²) in [7, 11) is 0. The quantitative estimate of drug-likeness (QED) is 0.917. The number of aliphatic carboxylic acids is 1. The summed E-state index contributed by atoms with van der Waals surface area (Å²) in [6.45, 7) is 1.97. The molecule has 1 N–H and O–H groups in total. The first kappa shape index (κ1) is 12.5. The Kier molecular flexibility index (Phi) is 3.89. The summed E-state index contributed by atoms with van der Waals surface area (Å²) >= 11 is 1.61. The smallest absolute Gasteiger partial charge is 0.307 e. The average Bonchev–Trinajstić information content (AvgIpc) is 2.72. The van der Waals surface area contributed by atoms with Gasteiger partial charge in [0.1, 0.15) is 0 Å². The molecule has 0 unspecified atom stereocenters. The topological polar surface area (TPSA) is 50.2 Å². The van der Waals surface area contributed by atoms with E-state index >= 15 is 0 Å². The molecule has 0 aliphatic rings. The van der Waals surface area contributed by atoms with Crippen molar-refractivity contribution in [2.75, 3.05) is 0 Å². The third kappa shape index (κ3) is 3.53. The van der Waals surface area contributed by atoms with Crippen molar-refractivity contribution in [3.63, 3.8) is 0 Å². The molecule has 4 heteroatoms. The van der Waals surface area contributed by atoms with Crippen molar-refractivity contribution < 1.29 is 9.90 Å². The molecule has 0 amide bonds. The zero-order valence-corrected chi connectivity index (χ0v) is 10.8. The van der Waals surface area contributed by atoms with E-state index in [-0.39, 0.29) is 6.42 Å². The summed E-state index contributed by atoms with van der Waals surface area (Å²) in [4.78, 5) is 15.0. The lowest BCUT2D eigenvalue weighted by molar-refractivity contribution is -0.136. The molecule has 2 aromatic rings. The maximum Gasteiger partial charge on any atom is 0.307 e. The van der Waals surface area contributed by atoms with Crippen molar-refractivity contribution >= 4 is 29.5 Å². The first-order valence-corrected chi connectivity index (χ1v) is 6.42. The zero-order chi connectivity index (χ0) is 13.0. The Morgan fingerprint density at radius 2 is 2.28 bits per heavy atom. The highest BCUT2D eigenvalue weighted by Gasteiger charge is 2.00. The van der Waals surface area contributed by atoms with Crippen molar-refractivity contribution in [3.05, 3.63) is 51.5 Å². The fourth-order valence-corrected chi connectivity index (χ4v) is 2.20. The van der Waals surface area contributed by atoms with Crippen molar-refractivity contribution in [1.29, 1.82) is 0 Å². The summed E-state index contributed by atoms with van der Waals surface area (Å²) in [5.41, 5.74) is 2.72. The van der Waals surface area contributed by atoms with Crippen LogP contribution in [0.2, 0.25) is 0 Å². The summed E-state index contributed by atoms with van der Waals surface area (Å²) in [5, 5.41) is 11.8. The van der Waals surface area contributed by atoms with E-state index in [0.29, 0.717) is 0 Å². The predicted molar refractivity (Wildman–Crippen MR) is 73.6 cm³/mol. The maximum absolute atomic E-state index is 10.6. The van der Waals surface area contributed by atoms with Gasteiger partial charge in [0.25, 0.3) is 0 Å². The summed E-state index contributed by atoms with van der Waals surface area (Å²) in [6.07, 6.45) is 3.93. The lowest BCUT2D eigenvalue weighted by Gasteiger charge is -1.98. The standard InChI is InChI=1S/C14H13NO2S/c1-10-15-13(9-18-10)6-5-11-3-2-4-12(7-11)8-14(16)17/h2-7,9H,8H2,1H3,(H,16,17). The molecule has 92 valence electrons. The molecule has 1 aromatic carbocycles. The number of aryl methyl sites for hydroxylation is 1. The van der Waals surface area contributed by atoms with E-state index in [1.54, 1.807) is 11.3 Å². The van der Waals surface area contributed by atoms with Crippen LogP contribution in [-0.2, 0) is 11.2 Å². The highest BCUT2D eigenvalue weighted by atomic mass is 32.1. The normalized spacial score (nSPS) is 10.9. The van der Waals surface area contributed by atoms with Crippen LogP contribution in [0.1, 0.15) is 21.8 Å². The molecule has 1 heterocycles. The number of nitrogens with zero attached hydrogens (tertiary/aromatic N) is 1. The molecule has 0 saturated carbocycles. The molecule has 2 rings (SSSR count). The first-order valence-electron chi connectivity index (χ1n) is 5.54. The second-order valence-electron chi connectivity index (χ2n) is 3.94. The van der Waals surface area contributed by atoms with E-state index in [9.17, 15) is 4.79 Å². The number of carboxylic acid groups (broad SMARTS) is 1. The number of carbonyl (C=O) groups is 1. The van der Waals surface area contributed by atoms with Gasteiger partial charge < -0.3 is 5.11 Å². The Bertz CT molecular complexity index is 587. The minimum absolute atomic E-state index is 0.0531. The largest absolute Gasteiger partial charge is 0.481 e. The average molecular weight is 259 g/mol. The van der Waals surface area contributed by atoms with Crippen LogP contribution in [0.4, 0.5) is 0 Å². The van der Waals surface area contributed by atoms with E-state index < -0.39 is 5.97 Å².